The fourth-order valence-electron chi connectivity index (χ4n) is 1.85. The summed E-state index contributed by atoms with van der Waals surface area (Å²) >= 11 is 0. The summed E-state index contributed by atoms with van der Waals surface area (Å²) in [6.45, 7) is 3.99. The molecule has 16 heavy (non-hydrogen) atoms. The molecule has 0 atom stereocenters. The number of carbonyl (C=O) groups is 3. The van der Waals surface area contributed by atoms with Gasteiger partial charge in [0.15, 0.2) is 0 Å². The van der Waals surface area contributed by atoms with Gasteiger partial charge < -0.3 is 5.11 Å². The quantitative estimate of drug-likeness (QED) is 0.728. The number of carbonyl (C=O) groups excluding carboxylic acids is 2. The van der Waals surface area contributed by atoms with E-state index in [1.807, 2.05) is 13.8 Å². The van der Waals surface area contributed by atoms with Crippen LogP contribution in [0.3, 0.4) is 0 Å². The number of hydrogen-bond acceptors (Lipinski definition) is 3. The van der Waals surface area contributed by atoms with Gasteiger partial charge in [-0.15, -0.1) is 0 Å². The molecule has 90 valence electrons. The number of likely N-dealkylation sites (tertiary alicyclic amines) is 1. The highest BCUT2D eigenvalue weighted by Crippen LogP contribution is 2.31. The SMILES string of the molecule is CC1(C)CC(=O)N(CCCC(=O)O)C(=O)C1. The van der Waals surface area contributed by atoms with Crippen molar-refractivity contribution >= 4 is 17.8 Å². The summed E-state index contributed by atoms with van der Waals surface area (Å²) in [5.74, 6) is -1.28. The third-order valence-electron chi connectivity index (χ3n) is 2.63. The lowest BCUT2D eigenvalue weighted by Gasteiger charge is -2.34. The van der Waals surface area contributed by atoms with E-state index in [2.05, 4.69) is 0 Å². The van der Waals surface area contributed by atoms with Gasteiger partial charge in [-0.2, -0.15) is 0 Å². The molecular weight excluding hydrogens is 210 g/mol. The smallest absolute Gasteiger partial charge is 0.303 e. The van der Waals surface area contributed by atoms with Crippen molar-refractivity contribution in [1.82, 2.24) is 4.90 Å². The van der Waals surface area contributed by atoms with Gasteiger partial charge in [-0.3, -0.25) is 19.3 Å². The van der Waals surface area contributed by atoms with E-state index >= 15 is 0 Å². The van der Waals surface area contributed by atoms with Crippen LogP contribution >= 0.6 is 0 Å². The van der Waals surface area contributed by atoms with Gasteiger partial charge >= 0.3 is 5.97 Å². The minimum absolute atomic E-state index is 0.0134. The maximum Gasteiger partial charge on any atom is 0.303 e. The molecule has 0 unspecified atom stereocenters. The van der Waals surface area contributed by atoms with Crippen LogP contribution in [0.2, 0.25) is 0 Å². The molecule has 0 aliphatic carbocycles. The van der Waals surface area contributed by atoms with E-state index in [9.17, 15) is 14.4 Å². The Hall–Kier alpha value is -1.39. The van der Waals surface area contributed by atoms with Crippen LogP contribution in [-0.4, -0.2) is 34.3 Å². The zero-order chi connectivity index (χ0) is 12.3. The molecule has 1 heterocycles. The van der Waals surface area contributed by atoms with Gasteiger partial charge in [0.05, 0.1) is 0 Å². The first kappa shape index (κ1) is 12.7. The van der Waals surface area contributed by atoms with E-state index < -0.39 is 5.97 Å². The van der Waals surface area contributed by atoms with E-state index in [0.717, 1.165) is 0 Å². The molecular formula is C11H17NO4. The lowest BCUT2D eigenvalue weighted by atomic mass is 9.82. The molecule has 0 radical (unpaired) electrons. The number of carboxylic acid groups (broad SMARTS) is 1. The van der Waals surface area contributed by atoms with Crippen LogP contribution < -0.4 is 0 Å². The highest BCUT2D eigenvalue weighted by Gasteiger charge is 2.36. The highest BCUT2D eigenvalue weighted by atomic mass is 16.4. The second-order valence-electron chi connectivity index (χ2n) is 4.95. The number of imide groups is 1. The van der Waals surface area contributed by atoms with E-state index in [1.165, 1.54) is 4.90 Å². The van der Waals surface area contributed by atoms with Crippen molar-refractivity contribution in [2.75, 3.05) is 6.54 Å². The minimum atomic E-state index is -0.905. The molecule has 1 saturated heterocycles. The van der Waals surface area contributed by atoms with Gasteiger partial charge in [0.25, 0.3) is 0 Å². The number of piperidine rings is 1. The molecule has 0 bridgehead atoms. The van der Waals surface area contributed by atoms with E-state index in [0.29, 0.717) is 19.3 Å². The Labute approximate surface area is 94.4 Å². The molecule has 0 spiro atoms. The third-order valence-corrected chi connectivity index (χ3v) is 2.63. The Morgan fingerprint density at radius 3 is 2.25 bits per heavy atom. The molecule has 0 aromatic carbocycles. The molecule has 0 saturated carbocycles. The molecule has 0 aromatic heterocycles. The molecule has 1 fully saturated rings. The van der Waals surface area contributed by atoms with E-state index in [-0.39, 0.29) is 30.2 Å². The average Bonchev–Trinajstić information content (AvgIpc) is 2.07. The fraction of sp³-hybridized carbons (Fsp3) is 0.727. The monoisotopic (exact) mass is 227 g/mol. The number of hydrogen-bond donors (Lipinski definition) is 1. The summed E-state index contributed by atoms with van der Waals surface area (Å²) in [7, 11) is 0. The van der Waals surface area contributed by atoms with Gasteiger partial charge in [0.2, 0.25) is 11.8 Å². The molecule has 5 nitrogen and oxygen atoms in total. The summed E-state index contributed by atoms with van der Waals surface area (Å²) in [6.07, 6.45) is 1.02. The molecule has 0 aromatic rings. The number of aliphatic carboxylic acids is 1. The summed E-state index contributed by atoms with van der Waals surface area (Å²) < 4.78 is 0. The van der Waals surface area contributed by atoms with E-state index in [1.54, 1.807) is 0 Å². The van der Waals surface area contributed by atoms with Crippen LogP contribution in [0, 0.1) is 5.41 Å². The molecule has 1 N–H and O–H groups in total. The lowest BCUT2D eigenvalue weighted by Crippen LogP contribution is -2.46. The maximum atomic E-state index is 11.7. The van der Waals surface area contributed by atoms with Crippen LogP contribution in [-0.2, 0) is 14.4 Å². The molecule has 2 amide bonds. The lowest BCUT2D eigenvalue weighted by molar-refractivity contribution is -0.153. The van der Waals surface area contributed by atoms with Gasteiger partial charge in [-0.1, -0.05) is 13.8 Å². The Kier molecular flexibility index (Phi) is 3.67. The Morgan fingerprint density at radius 1 is 1.31 bits per heavy atom. The Morgan fingerprint density at radius 2 is 1.81 bits per heavy atom. The maximum absolute atomic E-state index is 11.7. The number of rotatable bonds is 4. The molecule has 1 aliphatic heterocycles. The second-order valence-corrected chi connectivity index (χ2v) is 4.95. The van der Waals surface area contributed by atoms with Crippen molar-refractivity contribution in [2.45, 2.75) is 39.5 Å². The zero-order valence-electron chi connectivity index (χ0n) is 9.65. The van der Waals surface area contributed by atoms with Crippen molar-refractivity contribution in [3.63, 3.8) is 0 Å². The van der Waals surface area contributed by atoms with Gasteiger partial charge in [-0.25, -0.2) is 0 Å². The number of nitrogens with zero attached hydrogens (tertiary/aromatic N) is 1. The molecule has 1 rings (SSSR count). The number of amides is 2. The first-order chi connectivity index (χ1) is 7.32. The number of carboxylic acids is 1. The highest BCUT2D eigenvalue weighted by molar-refractivity contribution is 5.98. The van der Waals surface area contributed by atoms with Crippen LogP contribution in [0.5, 0.6) is 0 Å². The summed E-state index contributed by atoms with van der Waals surface area (Å²) in [5.41, 5.74) is -0.266. The standard InChI is InChI=1S/C11H17NO4/c1-11(2)6-8(13)12(9(14)7-11)5-3-4-10(15)16/h3-7H2,1-2H3,(H,15,16). The van der Waals surface area contributed by atoms with Crippen molar-refractivity contribution in [2.24, 2.45) is 5.41 Å². The summed E-state index contributed by atoms with van der Waals surface area (Å²) in [6, 6.07) is 0. The Balaban J connectivity index is 2.51. The van der Waals surface area contributed by atoms with Gasteiger partial charge in [0.1, 0.15) is 0 Å². The third kappa shape index (κ3) is 3.32. The van der Waals surface area contributed by atoms with Crippen LogP contribution in [0.4, 0.5) is 0 Å². The van der Waals surface area contributed by atoms with Gasteiger partial charge in [0, 0.05) is 25.8 Å². The predicted octanol–water partition coefficient (Wildman–Crippen LogP) is 1.03. The fourth-order valence-corrected chi connectivity index (χ4v) is 1.85. The van der Waals surface area contributed by atoms with Crippen molar-refractivity contribution in [3.8, 4) is 0 Å². The molecule has 5 heteroatoms. The largest absolute Gasteiger partial charge is 0.481 e. The van der Waals surface area contributed by atoms with Crippen LogP contribution in [0.25, 0.3) is 0 Å². The van der Waals surface area contributed by atoms with Gasteiger partial charge in [-0.05, 0) is 11.8 Å². The normalized spacial score (nSPS) is 20.0. The summed E-state index contributed by atoms with van der Waals surface area (Å²) in [4.78, 5) is 34.8. The topological polar surface area (TPSA) is 74.7 Å². The average molecular weight is 227 g/mol. The van der Waals surface area contributed by atoms with Crippen molar-refractivity contribution in [1.29, 1.82) is 0 Å². The van der Waals surface area contributed by atoms with Crippen molar-refractivity contribution in [3.05, 3.63) is 0 Å². The molecule has 1 aliphatic rings. The second kappa shape index (κ2) is 4.63. The van der Waals surface area contributed by atoms with Crippen LogP contribution in [0.1, 0.15) is 39.5 Å². The first-order valence-electron chi connectivity index (χ1n) is 5.37. The zero-order valence-corrected chi connectivity index (χ0v) is 9.65. The van der Waals surface area contributed by atoms with E-state index in [4.69, 9.17) is 5.11 Å². The first-order valence-corrected chi connectivity index (χ1v) is 5.37. The van der Waals surface area contributed by atoms with Crippen LogP contribution in [0.15, 0.2) is 0 Å². The Bertz CT molecular complexity index is 302. The minimum Gasteiger partial charge on any atom is -0.481 e. The predicted molar refractivity (Wildman–Crippen MR) is 56.6 cm³/mol. The summed E-state index contributed by atoms with van der Waals surface area (Å²) in [5, 5.41) is 8.47. The van der Waals surface area contributed by atoms with Crippen molar-refractivity contribution < 1.29 is 19.5 Å².